The predicted octanol–water partition coefficient (Wildman–Crippen LogP) is 0.770. The summed E-state index contributed by atoms with van der Waals surface area (Å²) in [7, 11) is 3.28. The predicted molar refractivity (Wildman–Crippen MR) is 78.2 cm³/mol. The number of rotatable bonds is 8. The fourth-order valence-electron chi connectivity index (χ4n) is 1.87. The van der Waals surface area contributed by atoms with Crippen molar-refractivity contribution in [2.75, 3.05) is 27.3 Å². The highest BCUT2D eigenvalue weighted by molar-refractivity contribution is 5.81. The average molecular weight is 298 g/mol. The Morgan fingerprint density at radius 1 is 1.43 bits per heavy atom. The molecule has 118 valence electrons. The highest BCUT2D eigenvalue weighted by Gasteiger charge is 2.19. The zero-order chi connectivity index (χ0) is 15.8. The Bertz CT molecular complexity index is 439. The molecule has 0 aliphatic rings. The summed E-state index contributed by atoms with van der Waals surface area (Å²) in [6.45, 7) is 2.69. The van der Waals surface area contributed by atoms with E-state index >= 15 is 0 Å². The Morgan fingerprint density at radius 3 is 2.62 bits per heavy atom. The molecule has 0 aliphatic carbocycles. The molecule has 2 N–H and O–H groups in total. The molecule has 0 saturated carbocycles. The van der Waals surface area contributed by atoms with E-state index in [0.717, 1.165) is 5.56 Å². The lowest BCUT2D eigenvalue weighted by Crippen LogP contribution is -2.46. The smallest absolute Gasteiger partial charge is 0.237 e. The molecule has 1 aromatic rings. The number of halogens is 1. The summed E-state index contributed by atoms with van der Waals surface area (Å²) in [6.07, 6.45) is -0.632. The lowest BCUT2D eigenvalue weighted by molar-refractivity contribution is -0.126. The third-order valence-corrected chi connectivity index (χ3v) is 3.28. The molecular weight excluding hydrogens is 275 g/mol. The maximum absolute atomic E-state index is 12.8. The van der Waals surface area contributed by atoms with Gasteiger partial charge in [-0.05, 0) is 31.7 Å². The zero-order valence-electron chi connectivity index (χ0n) is 12.7. The van der Waals surface area contributed by atoms with Crippen molar-refractivity contribution in [3.63, 3.8) is 0 Å². The number of nitrogens with zero attached hydrogens (tertiary/aromatic N) is 1. The first-order valence-electron chi connectivity index (χ1n) is 6.83. The minimum atomic E-state index is -0.632. The third kappa shape index (κ3) is 6.20. The number of carbonyl (C=O) groups is 1. The number of hydrogen-bond acceptors (Lipinski definition) is 4. The van der Waals surface area contributed by atoms with Crippen molar-refractivity contribution >= 4 is 5.91 Å². The Balaban J connectivity index is 2.41. The van der Waals surface area contributed by atoms with Crippen molar-refractivity contribution in [2.45, 2.75) is 25.6 Å². The van der Waals surface area contributed by atoms with Gasteiger partial charge in [0.1, 0.15) is 5.82 Å². The molecule has 0 fully saturated rings. The van der Waals surface area contributed by atoms with E-state index in [2.05, 4.69) is 5.32 Å². The summed E-state index contributed by atoms with van der Waals surface area (Å²) in [5, 5.41) is 12.4. The second kappa shape index (κ2) is 8.71. The highest BCUT2D eigenvalue weighted by Crippen LogP contribution is 2.03. The number of aliphatic hydroxyl groups is 1. The number of amides is 1. The van der Waals surface area contributed by atoms with Gasteiger partial charge in [-0.1, -0.05) is 12.1 Å². The van der Waals surface area contributed by atoms with Crippen LogP contribution in [0.1, 0.15) is 12.5 Å². The van der Waals surface area contributed by atoms with Gasteiger partial charge in [0.15, 0.2) is 0 Å². The molecule has 1 rings (SSSR count). The van der Waals surface area contributed by atoms with Crippen LogP contribution >= 0.6 is 0 Å². The van der Waals surface area contributed by atoms with Gasteiger partial charge in [-0.3, -0.25) is 9.69 Å². The molecule has 0 saturated heterocycles. The van der Waals surface area contributed by atoms with Crippen molar-refractivity contribution in [3.8, 4) is 0 Å². The van der Waals surface area contributed by atoms with E-state index in [1.54, 1.807) is 31.0 Å². The number of aliphatic hydroxyl groups excluding tert-OH is 1. The van der Waals surface area contributed by atoms with Crippen molar-refractivity contribution < 1.29 is 19.0 Å². The van der Waals surface area contributed by atoms with E-state index in [9.17, 15) is 14.3 Å². The summed E-state index contributed by atoms with van der Waals surface area (Å²) in [5.41, 5.74) is 0.832. The van der Waals surface area contributed by atoms with Crippen molar-refractivity contribution in [2.24, 2.45) is 0 Å². The third-order valence-electron chi connectivity index (χ3n) is 3.28. The molecule has 1 aromatic carbocycles. The molecule has 2 unspecified atom stereocenters. The fraction of sp³-hybridized carbons (Fsp3) is 0.533. The lowest BCUT2D eigenvalue weighted by Gasteiger charge is -2.25. The van der Waals surface area contributed by atoms with E-state index in [0.29, 0.717) is 13.1 Å². The number of hydrogen-bond donors (Lipinski definition) is 2. The minimum absolute atomic E-state index is 0.147. The molecule has 0 bridgehead atoms. The van der Waals surface area contributed by atoms with Crippen LogP contribution in [0.5, 0.6) is 0 Å². The van der Waals surface area contributed by atoms with Crippen LogP contribution in [-0.2, 0) is 16.1 Å². The molecule has 0 aliphatic heterocycles. The number of nitrogens with one attached hydrogen (secondary N) is 1. The second-order valence-electron chi connectivity index (χ2n) is 5.07. The van der Waals surface area contributed by atoms with Gasteiger partial charge in [0.25, 0.3) is 0 Å². The maximum atomic E-state index is 12.8. The van der Waals surface area contributed by atoms with Crippen molar-refractivity contribution in [3.05, 3.63) is 35.6 Å². The van der Waals surface area contributed by atoms with Crippen LogP contribution in [0.25, 0.3) is 0 Å². The van der Waals surface area contributed by atoms with Gasteiger partial charge in [-0.25, -0.2) is 4.39 Å². The molecular formula is C15H23FN2O3. The molecule has 5 nitrogen and oxygen atoms in total. The van der Waals surface area contributed by atoms with Gasteiger partial charge < -0.3 is 15.2 Å². The molecule has 0 aromatic heterocycles. The van der Waals surface area contributed by atoms with E-state index in [4.69, 9.17) is 4.74 Å². The summed E-state index contributed by atoms with van der Waals surface area (Å²) in [6, 6.07) is 5.60. The normalized spacial score (nSPS) is 14.0. The van der Waals surface area contributed by atoms with Gasteiger partial charge in [0.2, 0.25) is 5.91 Å². The van der Waals surface area contributed by atoms with Crippen molar-refractivity contribution in [1.82, 2.24) is 10.2 Å². The molecule has 0 heterocycles. The van der Waals surface area contributed by atoms with Gasteiger partial charge >= 0.3 is 0 Å². The standard InChI is InChI=1S/C15H23FN2O3/c1-11(18(2)9-14(19)10-21-3)15(20)17-8-12-4-6-13(16)7-5-12/h4-7,11,14,19H,8-10H2,1-3H3,(H,17,20). The molecule has 2 atom stereocenters. The first kappa shape index (κ1) is 17.6. The molecule has 1 amide bonds. The fourth-order valence-corrected chi connectivity index (χ4v) is 1.87. The monoisotopic (exact) mass is 298 g/mol. The Kier molecular flexibility index (Phi) is 7.28. The Labute approximate surface area is 124 Å². The first-order chi connectivity index (χ1) is 9.93. The number of ether oxygens (including phenoxy) is 1. The number of likely N-dealkylation sites (N-methyl/N-ethyl adjacent to an activating group) is 1. The van der Waals surface area contributed by atoms with Crippen LogP contribution in [0.4, 0.5) is 4.39 Å². The maximum Gasteiger partial charge on any atom is 0.237 e. The summed E-state index contributed by atoms with van der Waals surface area (Å²) in [4.78, 5) is 13.8. The van der Waals surface area contributed by atoms with E-state index < -0.39 is 6.10 Å². The van der Waals surface area contributed by atoms with Gasteiger partial charge in [-0.2, -0.15) is 0 Å². The number of benzene rings is 1. The minimum Gasteiger partial charge on any atom is -0.389 e. The summed E-state index contributed by atoms with van der Waals surface area (Å²) in [5.74, 6) is -0.447. The van der Waals surface area contributed by atoms with E-state index in [1.807, 2.05) is 0 Å². The van der Waals surface area contributed by atoms with Crippen LogP contribution < -0.4 is 5.32 Å². The highest BCUT2D eigenvalue weighted by atomic mass is 19.1. The Hall–Kier alpha value is -1.50. The first-order valence-corrected chi connectivity index (χ1v) is 6.83. The molecule has 0 radical (unpaired) electrons. The van der Waals surface area contributed by atoms with Crippen LogP contribution in [0.3, 0.4) is 0 Å². The van der Waals surface area contributed by atoms with E-state index in [-0.39, 0.29) is 24.4 Å². The molecule has 21 heavy (non-hydrogen) atoms. The molecule has 0 spiro atoms. The number of methoxy groups -OCH3 is 1. The van der Waals surface area contributed by atoms with Gasteiger partial charge in [-0.15, -0.1) is 0 Å². The lowest BCUT2D eigenvalue weighted by atomic mass is 10.2. The quantitative estimate of drug-likeness (QED) is 0.744. The largest absolute Gasteiger partial charge is 0.389 e. The van der Waals surface area contributed by atoms with Gasteiger partial charge in [0, 0.05) is 20.2 Å². The van der Waals surface area contributed by atoms with Crippen molar-refractivity contribution in [1.29, 1.82) is 0 Å². The van der Waals surface area contributed by atoms with Crippen LogP contribution in [0.15, 0.2) is 24.3 Å². The topological polar surface area (TPSA) is 61.8 Å². The average Bonchev–Trinajstić information content (AvgIpc) is 2.45. The van der Waals surface area contributed by atoms with Crippen LogP contribution in [0.2, 0.25) is 0 Å². The van der Waals surface area contributed by atoms with Crippen LogP contribution in [-0.4, -0.2) is 55.4 Å². The molecule has 6 heteroatoms. The van der Waals surface area contributed by atoms with E-state index in [1.165, 1.54) is 19.2 Å². The second-order valence-corrected chi connectivity index (χ2v) is 5.07. The SMILES string of the molecule is COCC(O)CN(C)C(C)C(=O)NCc1ccc(F)cc1. The number of carbonyl (C=O) groups excluding carboxylic acids is 1. The summed E-state index contributed by atoms with van der Waals surface area (Å²) < 4.78 is 17.6. The Morgan fingerprint density at radius 2 is 2.05 bits per heavy atom. The summed E-state index contributed by atoms with van der Waals surface area (Å²) >= 11 is 0. The zero-order valence-corrected chi connectivity index (χ0v) is 12.7. The van der Waals surface area contributed by atoms with Gasteiger partial charge in [0.05, 0.1) is 18.8 Å². The van der Waals surface area contributed by atoms with Crippen LogP contribution in [0, 0.1) is 5.82 Å².